The molecule has 0 aliphatic rings. The molecule has 1 heterocycles. The van der Waals surface area contributed by atoms with Crippen LogP contribution in [0.15, 0.2) is 30.5 Å². The van der Waals surface area contributed by atoms with E-state index in [-0.39, 0.29) is 0 Å². The van der Waals surface area contributed by atoms with Crippen molar-refractivity contribution in [3.63, 3.8) is 0 Å². The summed E-state index contributed by atoms with van der Waals surface area (Å²) < 4.78 is 0. The minimum Gasteiger partial charge on any atom is -0.378 e. The van der Waals surface area contributed by atoms with E-state index in [0.717, 1.165) is 22.5 Å². The first-order valence-electron chi connectivity index (χ1n) is 4.89. The Hall–Kier alpha value is -1.68. The third-order valence-corrected chi connectivity index (χ3v) is 3.22. The minimum absolute atomic E-state index is 0.658. The number of aldehydes is 1. The Morgan fingerprint density at radius 1 is 1.38 bits per heavy atom. The molecule has 0 aliphatic carbocycles. The van der Waals surface area contributed by atoms with E-state index in [0.29, 0.717) is 4.88 Å². The molecule has 0 bridgehead atoms. The van der Waals surface area contributed by atoms with Gasteiger partial charge in [0.1, 0.15) is 5.01 Å². The summed E-state index contributed by atoms with van der Waals surface area (Å²) in [6.07, 6.45) is 2.44. The summed E-state index contributed by atoms with van der Waals surface area (Å²) in [5.41, 5.74) is 2.17. The zero-order valence-electron chi connectivity index (χ0n) is 9.18. The highest BCUT2D eigenvalue weighted by Crippen LogP contribution is 2.27. The monoisotopic (exact) mass is 232 g/mol. The van der Waals surface area contributed by atoms with E-state index in [2.05, 4.69) is 11.1 Å². The number of hydrogen-bond acceptors (Lipinski definition) is 4. The molecule has 4 heteroatoms. The van der Waals surface area contributed by atoms with E-state index in [4.69, 9.17) is 0 Å². The van der Waals surface area contributed by atoms with E-state index in [1.54, 1.807) is 6.20 Å². The maximum absolute atomic E-state index is 10.6. The van der Waals surface area contributed by atoms with Crippen molar-refractivity contribution in [2.75, 3.05) is 19.0 Å². The molecule has 2 aromatic rings. The second-order valence-electron chi connectivity index (χ2n) is 3.63. The lowest BCUT2D eigenvalue weighted by atomic mass is 10.2. The van der Waals surface area contributed by atoms with Crippen molar-refractivity contribution < 1.29 is 4.79 Å². The molecule has 0 aliphatic heterocycles. The number of carbonyl (C=O) groups excluding carboxylic acids is 1. The SMILES string of the molecule is CN(C)c1cccc(-c2ncc(C=O)s2)c1. The van der Waals surface area contributed by atoms with Crippen molar-refractivity contribution >= 4 is 23.3 Å². The van der Waals surface area contributed by atoms with Crippen LogP contribution < -0.4 is 4.90 Å². The summed E-state index contributed by atoms with van der Waals surface area (Å²) in [6.45, 7) is 0. The highest BCUT2D eigenvalue weighted by atomic mass is 32.1. The first kappa shape index (κ1) is 10.8. The molecule has 0 saturated carbocycles. The van der Waals surface area contributed by atoms with Gasteiger partial charge in [-0.15, -0.1) is 11.3 Å². The van der Waals surface area contributed by atoms with Gasteiger partial charge in [0.2, 0.25) is 0 Å². The quantitative estimate of drug-likeness (QED) is 0.763. The lowest BCUT2D eigenvalue weighted by molar-refractivity contribution is 0.112. The third kappa shape index (κ3) is 2.12. The molecule has 1 aromatic heterocycles. The summed E-state index contributed by atoms with van der Waals surface area (Å²) in [6, 6.07) is 8.10. The molecule has 2 rings (SSSR count). The lowest BCUT2D eigenvalue weighted by Gasteiger charge is -2.12. The molecule has 0 unspecified atom stereocenters. The van der Waals surface area contributed by atoms with Gasteiger partial charge >= 0.3 is 0 Å². The van der Waals surface area contributed by atoms with E-state index >= 15 is 0 Å². The molecule has 0 radical (unpaired) electrons. The van der Waals surface area contributed by atoms with Gasteiger partial charge in [-0.05, 0) is 12.1 Å². The fourth-order valence-corrected chi connectivity index (χ4v) is 2.12. The summed E-state index contributed by atoms with van der Waals surface area (Å²) >= 11 is 1.41. The standard InChI is InChI=1S/C12H12N2OS/c1-14(2)10-5-3-4-9(6-10)12-13-7-11(8-15)16-12/h3-8H,1-2H3. The van der Waals surface area contributed by atoms with Crippen LogP contribution in [0.1, 0.15) is 9.67 Å². The molecule has 0 amide bonds. The summed E-state index contributed by atoms with van der Waals surface area (Å²) in [7, 11) is 4.00. The van der Waals surface area contributed by atoms with Crippen LogP contribution in [-0.2, 0) is 0 Å². The van der Waals surface area contributed by atoms with Crippen LogP contribution in [0.4, 0.5) is 5.69 Å². The van der Waals surface area contributed by atoms with Gasteiger partial charge in [0.05, 0.1) is 4.88 Å². The Morgan fingerprint density at radius 2 is 2.19 bits per heavy atom. The largest absolute Gasteiger partial charge is 0.378 e. The number of anilines is 1. The second-order valence-corrected chi connectivity index (χ2v) is 4.69. The zero-order chi connectivity index (χ0) is 11.5. The lowest BCUT2D eigenvalue weighted by Crippen LogP contribution is -2.08. The zero-order valence-corrected chi connectivity index (χ0v) is 9.99. The average Bonchev–Trinajstić information content (AvgIpc) is 2.77. The molecule has 0 N–H and O–H groups in total. The van der Waals surface area contributed by atoms with Crippen molar-refractivity contribution in [2.45, 2.75) is 0 Å². The molecule has 3 nitrogen and oxygen atoms in total. The van der Waals surface area contributed by atoms with Gasteiger partial charge in [0.25, 0.3) is 0 Å². The number of carbonyl (C=O) groups is 1. The Bertz CT molecular complexity index is 505. The van der Waals surface area contributed by atoms with Crippen LogP contribution in [-0.4, -0.2) is 25.4 Å². The molecular weight excluding hydrogens is 220 g/mol. The molecule has 0 spiro atoms. The van der Waals surface area contributed by atoms with E-state index < -0.39 is 0 Å². The Labute approximate surface area is 98.4 Å². The highest BCUT2D eigenvalue weighted by molar-refractivity contribution is 7.16. The maximum atomic E-state index is 10.6. The average molecular weight is 232 g/mol. The number of thiazole rings is 1. The van der Waals surface area contributed by atoms with E-state index in [9.17, 15) is 4.79 Å². The van der Waals surface area contributed by atoms with Gasteiger partial charge in [-0.1, -0.05) is 12.1 Å². The Kier molecular flexibility index (Phi) is 3.01. The number of benzene rings is 1. The van der Waals surface area contributed by atoms with Gasteiger partial charge < -0.3 is 4.90 Å². The molecule has 82 valence electrons. The van der Waals surface area contributed by atoms with Crippen LogP contribution in [0, 0.1) is 0 Å². The van der Waals surface area contributed by atoms with Crippen molar-refractivity contribution in [3.05, 3.63) is 35.3 Å². The second kappa shape index (κ2) is 4.45. The fraction of sp³-hybridized carbons (Fsp3) is 0.167. The van der Waals surface area contributed by atoms with Crippen LogP contribution in [0.3, 0.4) is 0 Å². The summed E-state index contributed by atoms with van der Waals surface area (Å²) in [5.74, 6) is 0. The predicted octanol–water partition coefficient (Wildman–Crippen LogP) is 2.69. The highest BCUT2D eigenvalue weighted by Gasteiger charge is 2.05. The number of aromatic nitrogens is 1. The van der Waals surface area contributed by atoms with Crippen molar-refractivity contribution in [2.24, 2.45) is 0 Å². The van der Waals surface area contributed by atoms with Crippen LogP contribution in [0.2, 0.25) is 0 Å². The van der Waals surface area contributed by atoms with Crippen molar-refractivity contribution in [1.82, 2.24) is 4.98 Å². The fourth-order valence-electron chi connectivity index (χ4n) is 1.39. The van der Waals surface area contributed by atoms with Gasteiger partial charge in [0.15, 0.2) is 6.29 Å². The maximum Gasteiger partial charge on any atom is 0.161 e. The van der Waals surface area contributed by atoms with Gasteiger partial charge in [-0.2, -0.15) is 0 Å². The predicted molar refractivity (Wildman–Crippen MR) is 67.3 cm³/mol. The minimum atomic E-state index is 0.658. The number of hydrogen-bond donors (Lipinski definition) is 0. The van der Waals surface area contributed by atoms with E-state index in [1.807, 2.05) is 37.2 Å². The smallest absolute Gasteiger partial charge is 0.161 e. The van der Waals surface area contributed by atoms with Crippen LogP contribution in [0.5, 0.6) is 0 Å². The van der Waals surface area contributed by atoms with Gasteiger partial charge in [-0.25, -0.2) is 4.98 Å². The first-order valence-corrected chi connectivity index (χ1v) is 5.71. The Morgan fingerprint density at radius 3 is 2.81 bits per heavy atom. The third-order valence-electron chi connectivity index (χ3n) is 2.25. The molecule has 0 saturated heterocycles. The van der Waals surface area contributed by atoms with Crippen LogP contribution in [0.25, 0.3) is 10.6 Å². The molecule has 0 atom stereocenters. The van der Waals surface area contributed by atoms with Gasteiger partial charge in [0, 0.05) is 31.5 Å². The number of nitrogens with zero attached hydrogens (tertiary/aromatic N) is 2. The molecule has 0 fully saturated rings. The molecule has 1 aromatic carbocycles. The van der Waals surface area contributed by atoms with Crippen LogP contribution >= 0.6 is 11.3 Å². The summed E-state index contributed by atoms with van der Waals surface area (Å²) in [4.78, 5) is 17.5. The van der Waals surface area contributed by atoms with E-state index in [1.165, 1.54) is 11.3 Å². The first-order chi connectivity index (χ1) is 7.70. The topological polar surface area (TPSA) is 33.2 Å². The Balaban J connectivity index is 2.39. The van der Waals surface area contributed by atoms with Gasteiger partial charge in [-0.3, -0.25) is 4.79 Å². The van der Waals surface area contributed by atoms with Crippen molar-refractivity contribution in [1.29, 1.82) is 0 Å². The molecular formula is C12H12N2OS. The molecule has 16 heavy (non-hydrogen) atoms. The normalized spacial score (nSPS) is 10.1. The van der Waals surface area contributed by atoms with Crippen molar-refractivity contribution in [3.8, 4) is 10.6 Å². The summed E-state index contributed by atoms with van der Waals surface area (Å²) in [5, 5.41) is 0.880. The number of rotatable bonds is 3.